The summed E-state index contributed by atoms with van der Waals surface area (Å²) < 4.78 is 56.1. The molecular formula is C28H26ClF2N5O3S. The molecule has 0 bridgehead atoms. The van der Waals surface area contributed by atoms with Crippen molar-refractivity contribution in [2.24, 2.45) is 10.7 Å². The Hall–Kier alpha value is -4.06. The Labute approximate surface area is 236 Å². The molecule has 0 aromatic heterocycles. The number of halogens is 3. The molecule has 1 unspecified atom stereocenters. The van der Waals surface area contributed by atoms with Crippen LogP contribution in [0, 0.1) is 11.6 Å². The van der Waals surface area contributed by atoms with Gasteiger partial charge in [-0.15, -0.1) is 12.4 Å². The number of benzene rings is 3. The first kappa shape index (κ1) is 28.9. The fraction of sp³-hybridized carbons (Fsp3) is 0.143. The minimum atomic E-state index is -4.00. The number of nitrogens with zero attached hydrogens (tertiary/aromatic N) is 2. The van der Waals surface area contributed by atoms with Crippen LogP contribution in [0.2, 0.25) is 0 Å². The lowest BCUT2D eigenvalue weighted by Gasteiger charge is -2.37. The normalized spacial score (nSPS) is 18.3. The Balaban J connectivity index is 0.00000370. The molecule has 2 aliphatic rings. The predicted octanol–water partition coefficient (Wildman–Crippen LogP) is 4.35. The molecule has 12 heteroatoms. The van der Waals surface area contributed by atoms with Crippen molar-refractivity contribution in [3.8, 4) is 0 Å². The van der Waals surface area contributed by atoms with Crippen molar-refractivity contribution in [1.82, 2.24) is 9.62 Å². The molecular weight excluding hydrogens is 560 g/mol. The maximum Gasteiger partial charge on any atom is 0.243 e. The molecule has 2 heterocycles. The van der Waals surface area contributed by atoms with Crippen LogP contribution in [0.15, 0.2) is 99.5 Å². The first-order chi connectivity index (χ1) is 18.6. The van der Waals surface area contributed by atoms with Crippen LogP contribution in [0.5, 0.6) is 0 Å². The number of sulfonamides is 1. The monoisotopic (exact) mass is 585 g/mol. The molecule has 1 amide bonds. The number of rotatable bonds is 5. The van der Waals surface area contributed by atoms with Gasteiger partial charge in [-0.3, -0.25) is 4.79 Å². The standard InChI is InChI=1S/C28H25F2N5O3S.ClH/c1-17(36)32-23-10-12-24(13-11-23)39(37,38)35-15-20(14-18-2-6-21(29)7-3-18)27-25(16-35)26(33-28(31)34-27)19-4-8-22(30)9-5-19;/h2-14,26H,15-16H2,1H3,(H,32,36)(H3,31,33,34);1H/b20-14+;. The minimum absolute atomic E-state index is 0. The summed E-state index contributed by atoms with van der Waals surface area (Å²) in [6.07, 6.45) is 1.77. The van der Waals surface area contributed by atoms with Gasteiger partial charge in [0.15, 0.2) is 5.96 Å². The van der Waals surface area contributed by atoms with E-state index in [2.05, 4.69) is 15.6 Å². The van der Waals surface area contributed by atoms with Crippen molar-refractivity contribution >= 4 is 46.1 Å². The second kappa shape index (κ2) is 11.6. The van der Waals surface area contributed by atoms with Gasteiger partial charge < -0.3 is 16.4 Å². The lowest BCUT2D eigenvalue weighted by atomic mass is 9.90. The van der Waals surface area contributed by atoms with Crippen LogP contribution in [-0.2, 0) is 14.8 Å². The molecule has 1 atom stereocenters. The van der Waals surface area contributed by atoms with E-state index in [4.69, 9.17) is 5.73 Å². The molecule has 0 saturated carbocycles. The van der Waals surface area contributed by atoms with E-state index in [0.29, 0.717) is 33.7 Å². The Morgan fingerprint density at radius 2 is 1.60 bits per heavy atom. The molecule has 0 saturated heterocycles. The summed E-state index contributed by atoms with van der Waals surface area (Å²) in [4.78, 5) is 15.9. The first-order valence-corrected chi connectivity index (χ1v) is 13.5. The topological polar surface area (TPSA) is 117 Å². The second-order valence-electron chi connectivity index (χ2n) is 9.19. The molecule has 8 nitrogen and oxygen atoms in total. The van der Waals surface area contributed by atoms with Crippen molar-refractivity contribution < 1.29 is 22.0 Å². The van der Waals surface area contributed by atoms with Gasteiger partial charge in [-0.1, -0.05) is 24.3 Å². The Bertz CT molecular complexity index is 1620. The number of carbonyl (C=O) groups excluding carboxylic acids is 1. The number of carbonyl (C=O) groups is 1. The van der Waals surface area contributed by atoms with Crippen LogP contribution in [0.3, 0.4) is 0 Å². The highest BCUT2D eigenvalue weighted by atomic mass is 35.5. The number of anilines is 1. The lowest BCUT2D eigenvalue weighted by molar-refractivity contribution is -0.114. The highest BCUT2D eigenvalue weighted by molar-refractivity contribution is 7.89. The van der Waals surface area contributed by atoms with Crippen molar-refractivity contribution in [3.05, 3.63) is 112 Å². The SMILES string of the molecule is CC(=O)Nc1ccc(S(=O)(=O)N2CC3=C(NC(N)=NC3c3ccc(F)cc3)/C(=C/c3ccc(F)cc3)C2)cc1.Cl. The van der Waals surface area contributed by atoms with E-state index in [1.165, 1.54) is 59.8 Å². The van der Waals surface area contributed by atoms with Gasteiger partial charge in [0.25, 0.3) is 0 Å². The third kappa shape index (κ3) is 6.06. The molecule has 5 rings (SSSR count). The summed E-state index contributed by atoms with van der Waals surface area (Å²) >= 11 is 0. The fourth-order valence-corrected chi connectivity index (χ4v) is 5.99. The lowest BCUT2D eigenvalue weighted by Crippen LogP contribution is -2.46. The average molecular weight is 586 g/mol. The smallest absolute Gasteiger partial charge is 0.243 e. The van der Waals surface area contributed by atoms with Gasteiger partial charge in [-0.2, -0.15) is 4.31 Å². The van der Waals surface area contributed by atoms with Crippen LogP contribution in [0.1, 0.15) is 24.1 Å². The van der Waals surface area contributed by atoms with Gasteiger partial charge in [0.05, 0.1) is 4.90 Å². The number of nitrogens with one attached hydrogen (secondary N) is 2. The average Bonchev–Trinajstić information content (AvgIpc) is 2.90. The van der Waals surface area contributed by atoms with E-state index >= 15 is 0 Å². The third-order valence-electron chi connectivity index (χ3n) is 6.40. The molecule has 0 radical (unpaired) electrons. The zero-order valence-corrected chi connectivity index (χ0v) is 22.9. The summed E-state index contributed by atoms with van der Waals surface area (Å²) in [5.41, 5.74) is 9.77. The van der Waals surface area contributed by atoms with E-state index in [1.54, 1.807) is 30.3 Å². The first-order valence-electron chi connectivity index (χ1n) is 12.0. The van der Waals surface area contributed by atoms with E-state index < -0.39 is 27.7 Å². The van der Waals surface area contributed by atoms with Gasteiger partial charge in [-0.25, -0.2) is 22.2 Å². The zero-order valence-electron chi connectivity index (χ0n) is 21.3. The van der Waals surface area contributed by atoms with Gasteiger partial charge in [0, 0.05) is 31.4 Å². The van der Waals surface area contributed by atoms with Crippen LogP contribution in [-0.4, -0.2) is 37.7 Å². The minimum Gasteiger partial charge on any atom is -0.370 e. The molecule has 3 aromatic carbocycles. The molecule has 2 aliphatic heterocycles. The largest absolute Gasteiger partial charge is 0.370 e. The summed E-state index contributed by atoms with van der Waals surface area (Å²) in [5.74, 6) is -0.937. The third-order valence-corrected chi connectivity index (χ3v) is 8.20. The van der Waals surface area contributed by atoms with E-state index in [9.17, 15) is 22.0 Å². The van der Waals surface area contributed by atoms with E-state index in [1.807, 2.05) is 0 Å². The number of nitrogens with two attached hydrogens (primary N) is 1. The Morgan fingerprint density at radius 1 is 1.00 bits per heavy atom. The summed E-state index contributed by atoms with van der Waals surface area (Å²) in [6.45, 7) is 1.36. The number of guanidine groups is 1. The highest BCUT2D eigenvalue weighted by Gasteiger charge is 2.37. The summed E-state index contributed by atoms with van der Waals surface area (Å²) in [6, 6.07) is 16.9. The van der Waals surface area contributed by atoms with Crippen molar-refractivity contribution in [1.29, 1.82) is 0 Å². The van der Waals surface area contributed by atoms with Gasteiger partial charge >= 0.3 is 0 Å². The van der Waals surface area contributed by atoms with Gasteiger partial charge in [0.1, 0.15) is 17.7 Å². The molecule has 4 N–H and O–H groups in total. The summed E-state index contributed by atoms with van der Waals surface area (Å²) in [7, 11) is -4.00. The maximum absolute atomic E-state index is 13.8. The Kier molecular flexibility index (Phi) is 8.38. The second-order valence-corrected chi connectivity index (χ2v) is 11.1. The van der Waals surface area contributed by atoms with Crippen molar-refractivity contribution in [2.75, 3.05) is 18.4 Å². The molecule has 0 aliphatic carbocycles. The Morgan fingerprint density at radius 3 is 2.20 bits per heavy atom. The molecule has 208 valence electrons. The number of amides is 1. The fourth-order valence-electron chi connectivity index (χ4n) is 4.59. The van der Waals surface area contributed by atoms with Crippen LogP contribution in [0.4, 0.5) is 14.5 Å². The molecule has 0 spiro atoms. The number of hydrogen-bond donors (Lipinski definition) is 3. The summed E-state index contributed by atoms with van der Waals surface area (Å²) in [5, 5.41) is 5.70. The van der Waals surface area contributed by atoms with Crippen LogP contribution in [0.25, 0.3) is 6.08 Å². The van der Waals surface area contributed by atoms with E-state index in [0.717, 1.165) is 0 Å². The number of aliphatic imine (C=N–C) groups is 1. The van der Waals surface area contributed by atoms with Crippen molar-refractivity contribution in [3.63, 3.8) is 0 Å². The number of hydrogen-bond acceptors (Lipinski definition) is 6. The van der Waals surface area contributed by atoms with Crippen molar-refractivity contribution in [2.45, 2.75) is 17.9 Å². The van der Waals surface area contributed by atoms with Gasteiger partial charge in [0.2, 0.25) is 15.9 Å². The van der Waals surface area contributed by atoms with Crippen LogP contribution >= 0.6 is 12.4 Å². The predicted molar refractivity (Wildman–Crippen MR) is 152 cm³/mol. The molecule has 40 heavy (non-hydrogen) atoms. The molecule has 0 fully saturated rings. The zero-order chi connectivity index (χ0) is 27.7. The highest BCUT2D eigenvalue weighted by Crippen LogP contribution is 2.38. The van der Waals surface area contributed by atoms with Gasteiger partial charge in [-0.05, 0) is 76.9 Å². The molecule has 3 aromatic rings. The quantitative estimate of drug-likeness (QED) is 0.412. The van der Waals surface area contributed by atoms with Crippen LogP contribution < -0.4 is 16.4 Å². The maximum atomic E-state index is 13.8. The van der Waals surface area contributed by atoms with E-state index in [-0.39, 0.29) is 42.3 Å².